The summed E-state index contributed by atoms with van der Waals surface area (Å²) in [6.07, 6.45) is 10.7. The van der Waals surface area contributed by atoms with E-state index in [9.17, 15) is 9.59 Å². The first-order valence-electron chi connectivity index (χ1n) is 8.00. The van der Waals surface area contributed by atoms with E-state index in [-0.39, 0.29) is 11.1 Å². The van der Waals surface area contributed by atoms with Gasteiger partial charge in [-0.25, -0.2) is 0 Å². The summed E-state index contributed by atoms with van der Waals surface area (Å²) >= 11 is 0. The van der Waals surface area contributed by atoms with Gasteiger partial charge in [-0.2, -0.15) is 0 Å². The predicted octanol–water partition coefficient (Wildman–Crippen LogP) is 2.05. The van der Waals surface area contributed by atoms with E-state index in [0.29, 0.717) is 5.69 Å². The molecule has 1 aliphatic carbocycles. The molecule has 2 fully saturated rings. The van der Waals surface area contributed by atoms with Gasteiger partial charge < -0.3 is 10.6 Å². The molecule has 20 heavy (non-hydrogen) atoms. The Balaban J connectivity index is 1.52. The Morgan fingerprint density at radius 3 is 2.10 bits per heavy atom. The van der Waals surface area contributed by atoms with Crippen molar-refractivity contribution in [3.63, 3.8) is 0 Å². The molecular formula is C16H24N2O2. The molecule has 0 bridgehead atoms. The maximum atomic E-state index is 11.5. The van der Waals surface area contributed by atoms with Gasteiger partial charge in [-0.15, -0.1) is 0 Å². The highest BCUT2D eigenvalue weighted by atomic mass is 16.2. The van der Waals surface area contributed by atoms with E-state index in [0.717, 1.165) is 37.8 Å². The molecule has 4 nitrogen and oxygen atoms in total. The molecule has 2 N–H and O–H groups in total. The van der Waals surface area contributed by atoms with Crippen LogP contribution in [0.5, 0.6) is 0 Å². The van der Waals surface area contributed by atoms with Gasteiger partial charge in [0.05, 0.1) is 0 Å². The summed E-state index contributed by atoms with van der Waals surface area (Å²) < 4.78 is 0. The van der Waals surface area contributed by atoms with Crippen molar-refractivity contribution in [3.8, 4) is 0 Å². The molecule has 0 unspecified atom stereocenters. The fourth-order valence-corrected chi connectivity index (χ4v) is 4.00. The van der Waals surface area contributed by atoms with Crippen molar-refractivity contribution >= 4 is 11.4 Å². The van der Waals surface area contributed by atoms with Gasteiger partial charge in [-0.1, -0.05) is 32.1 Å². The van der Waals surface area contributed by atoms with E-state index >= 15 is 0 Å². The molecule has 0 aromatic heterocycles. The van der Waals surface area contributed by atoms with Crippen LogP contribution in [-0.2, 0) is 0 Å². The lowest BCUT2D eigenvalue weighted by Crippen LogP contribution is -2.45. The largest absolute Gasteiger partial charge is 0.394 e. The molecule has 2 aliphatic rings. The zero-order valence-electron chi connectivity index (χ0n) is 12.1. The highest BCUT2D eigenvalue weighted by Crippen LogP contribution is 2.34. The minimum absolute atomic E-state index is 0.181. The van der Waals surface area contributed by atoms with E-state index < -0.39 is 5.43 Å². The molecule has 0 amide bonds. The zero-order valence-corrected chi connectivity index (χ0v) is 12.1. The van der Waals surface area contributed by atoms with E-state index in [1.807, 2.05) is 4.90 Å². The first-order valence-corrected chi connectivity index (χ1v) is 8.00. The Labute approximate surface area is 119 Å². The number of anilines is 2. The third-order valence-corrected chi connectivity index (χ3v) is 5.24. The molecule has 4 heteroatoms. The van der Waals surface area contributed by atoms with Crippen molar-refractivity contribution < 1.29 is 0 Å². The smallest absolute Gasteiger partial charge is 0.253 e. The Morgan fingerprint density at radius 1 is 0.900 bits per heavy atom. The van der Waals surface area contributed by atoms with E-state index in [1.165, 1.54) is 38.5 Å². The van der Waals surface area contributed by atoms with Crippen LogP contribution in [0, 0.1) is 11.8 Å². The summed E-state index contributed by atoms with van der Waals surface area (Å²) in [5.41, 5.74) is 5.43. The molecule has 0 radical (unpaired) electrons. The normalized spacial score (nSPS) is 22.5. The number of piperidine rings is 1. The Kier molecular flexibility index (Phi) is 3.81. The van der Waals surface area contributed by atoms with Crippen molar-refractivity contribution in [2.75, 3.05) is 23.7 Å². The highest BCUT2D eigenvalue weighted by Gasteiger charge is 2.28. The first kappa shape index (κ1) is 13.7. The van der Waals surface area contributed by atoms with Crippen LogP contribution in [0.4, 0.5) is 11.4 Å². The van der Waals surface area contributed by atoms with E-state index in [4.69, 9.17) is 5.73 Å². The molecule has 110 valence electrons. The predicted molar refractivity (Wildman–Crippen MR) is 81.9 cm³/mol. The van der Waals surface area contributed by atoms with Crippen LogP contribution < -0.4 is 21.5 Å². The fourth-order valence-electron chi connectivity index (χ4n) is 4.00. The third kappa shape index (κ3) is 2.48. The van der Waals surface area contributed by atoms with Gasteiger partial charge in [0.15, 0.2) is 0 Å². The summed E-state index contributed by atoms with van der Waals surface area (Å²) in [5, 5.41) is 0. The third-order valence-electron chi connectivity index (χ3n) is 5.24. The quantitative estimate of drug-likeness (QED) is 0.858. The molecule has 1 saturated carbocycles. The van der Waals surface area contributed by atoms with Crippen molar-refractivity contribution in [1.82, 2.24) is 0 Å². The number of nitrogen functional groups attached to an aromatic ring is 1. The molecule has 1 aliphatic heterocycles. The van der Waals surface area contributed by atoms with Gasteiger partial charge in [-0.3, -0.25) is 9.59 Å². The topological polar surface area (TPSA) is 63.4 Å². The molecular weight excluding hydrogens is 252 g/mol. The maximum absolute atomic E-state index is 11.5. The summed E-state index contributed by atoms with van der Waals surface area (Å²) in [7, 11) is 0. The molecule has 0 spiro atoms. The maximum Gasteiger partial charge on any atom is 0.253 e. The van der Waals surface area contributed by atoms with Crippen LogP contribution in [0.2, 0.25) is 0 Å². The number of nitrogens with zero attached hydrogens (tertiary/aromatic N) is 1. The van der Waals surface area contributed by atoms with Gasteiger partial charge in [0, 0.05) is 13.1 Å². The van der Waals surface area contributed by atoms with Gasteiger partial charge in [0.25, 0.3) is 10.9 Å². The molecule has 1 aromatic carbocycles. The summed E-state index contributed by atoms with van der Waals surface area (Å²) in [6.45, 7) is 1.76. The summed E-state index contributed by atoms with van der Waals surface area (Å²) in [6, 6.07) is 0. The first-order chi connectivity index (χ1) is 9.66. The Bertz CT molecular complexity index is 531. The molecule has 1 aromatic rings. The van der Waals surface area contributed by atoms with Crippen LogP contribution in [0.1, 0.15) is 51.4 Å². The number of hydrogen-bond donors (Lipinski definition) is 1. The fraction of sp³-hybridized carbons (Fsp3) is 0.750. The zero-order chi connectivity index (χ0) is 14.1. The van der Waals surface area contributed by atoms with Crippen molar-refractivity contribution in [2.24, 2.45) is 11.8 Å². The number of rotatable bonds is 3. The van der Waals surface area contributed by atoms with Crippen LogP contribution in [0.3, 0.4) is 0 Å². The van der Waals surface area contributed by atoms with Gasteiger partial charge in [0.1, 0.15) is 11.4 Å². The number of hydrogen-bond acceptors (Lipinski definition) is 4. The van der Waals surface area contributed by atoms with E-state index in [2.05, 4.69) is 0 Å². The van der Waals surface area contributed by atoms with Crippen molar-refractivity contribution in [2.45, 2.75) is 51.4 Å². The molecule has 1 saturated heterocycles. The second kappa shape index (κ2) is 5.58. The Hall–Kier alpha value is -1.32. The van der Waals surface area contributed by atoms with Crippen molar-refractivity contribution in [1.29, 1.82) is 0 Å². The monoisotopic (exact) mass is 276 g/mol. The SMILES string of the molecule is Nc1c(N2CCC(CC3CCCCC3)CC2)c(=O)c1=O. The lowest BCUT2D eigenvalue weighted by Gasteiger charge is -2.36. The average molecular weight is 276 g/mol. The second-order valence-corrected chi connectivity index (χ2v) is 6.59. The summed E-state index contributed by atoms with van der Waals surface area (Å²) in [5.74, 6) is 1.72. The van der Waals surface area contributed by atoms with E-state index in [1.54, 1.807) is 0 Å². The standard InChI is InChI=1S/C16H24N2O2/c17-13-14(16(20)15(13)19)18-8-6-12(7-9-18)10-11-4-2-1-3-5-11/h11-12H,1-10,17H2. The lowest BCUT2D eigenvalue weighted by molar-refractivity contribution is 0.260. The molecule has 0 atom stereocenters. The highest BCUT2D eigenvalue weighted by molar-refractivity contribution is 5.72. The lowest BCUT2D eigenvalue weighted by atomic mass is 9.80. The Morgan fingerprint density at radius 2 is 1.50 bits per heavy atom. The number of nitrogens with two attached hydrogens (primary N) is 1. The van der Waals surface area contributed by atoms with Crippen LogP contribution in [0.25, 0.3) is 0 Å². The van der Waals surface area contributed by atoms with Gasteiger partial charge in [0.2, 0.25) is 0 Å². The van der Waals surface area contributed by atoms with Gasteiger partial charge in [-0.05, 0) is 31.1 Å². The van der Waals surface area contributed by atoms with Crippen LogP contribution in [0.15, 0.2) is 9.59 Å². The molecule has 3 rings (SSSR count). The summed E-state index contributed by atoms with van der Waals surface area (Å²) in [4.78, 5) is 24.7. The second-order valence-electron chi connectivity index (χ2n) is 6.59. The van der Waals surface area contributed by atoms with Crippen molar-refractivity contribution in [3.05, 3.63) is 20.4 Å². The minimum Gasteiger partial charge on any atom is -0.394 e. The van der Waals surface area contributed by atoms with Gasteiger partial charge >= 0.3 is 0 Å². The molecule has 1 heterocycles. The minimum atomic E-state index is -0.496. The van der Waals surface area contributed by atoms with Crippen LogP contribution >= 0.6 is 0 Å². The average Bonchev–Trinajstić information content (AvgIpc) is 2.50. The van der Waals surface area contributed by atoms with Crippen LogP contribution in [-0.4, -0.2) is 13.1 Å².